The Labute approximate surface area is 152 Å². The van der Waals surface area contributed by atoms with E-state index < -0.39 is 0 Å². The summed E-state index contributed by atoms with van der Waals surface area (Å²) in [5.41, 5.74) is 1.22. The van der Waals surface area contributed by atoms with Gasteiger partial charge in [0.1, 0.15) is 0 Å². The van der Waals surface area contributed by atoms with Crippen molar-refractivity contribution in [1.82, 2.24) is 9.80 Å². The van der Waals surface area contributed by atoms with Crippen LogP contribution in [0.1, 0.15) is 18.4 Å². The molecule has 2 aliphatic rings. The Morgan fingerprint density at radius 2 is 1.96 bits per heavy atom. The van der Waals surface area contributed by atoms with Crippen LogP contribution in [0.3, 0.4) is 0 Å². The van der Waals surface area contributed by atoms with Crippen molar-refractivity contribution in [3.63, 3.8) is 0 Å². The molecule has 1 aromatic rings. The molecule has 0 N–H and O–H groups in total. The number of amides is 1. The Morgan fingerprint density at radius 3 is 2.67 bits per heavy atom. The van der Waals surface area contributed by atoms with Crippen molar-refractivity contribution >= 4 is 27.9 Å². The number of ether oxygens (including phenoxy) is 1. The Morgan fingerprint density at radius 1 is 1.21 bits per heavy atom. The smallest absolute Gasteiger partial charge is 0.236 e. The third-order valence-corrected chi connectivity index (χ3v) is 5.26. The molecule has 130 valence electrons. The van der Waals surface area contributed by atoms with Crippen molar-refractivity contribution in [2.45, 2.75) is 12.8 Å². The lowest BCUT2D eigenvalue weighted by atomic mass is 9.95. The van der Waals surface area contributed by atoms with Crippen LogP contribution in [0.25, 0.3) is 6.08 Å². The van der Waals surface area contributed by atoms with Gasteiger partial charge in [-0.3, -0.25) is 9.69 Å². The molecule has 0 aliphatic carbocycles. The average molecular weight is 393 g/mol. The van der Waals surface area contributed by atoms with Gasteiger partial charge in [-0.05, 0) is 36.5 Å². The van der Waals surface area contributed by atoms with Gasteiger partial charge in [0, 0.05) is 30.7 Å². The van der Waals surface area contributed by atoms with Crippen LogP contribution < -0.4 is 0 Å². The monoisotopic (exact) mass is 392 g/mol. The third kappa shape index (κ3) is 5.16. The second-order valence-corrected chi connectivity index (χ2v) is 7.44. The summed E-state index contributed by atoms with van der Waals surface area (Å²) >= 11 is 3.50. The molecule has 0 bridgehead atoms. The van der Waals surface area contributed by atoms with Gasteiger partial charge >= 0.3 is 0 Å². The number of piperidine rings is 1. The van der Waals surface area contributed by atoms with Crippen molar-refractivity contribution in [1.29, 1.82) is 0 Å². The van der Waals surface area contributed by atoms with E-state index in [0.29, 0.717) is 12.5 Å². The van der Waals surface area contributed by atoms with Crippen molar-refractivity contribution in [3.8, 4) is 0 Å². The lowest BCUT2D eigenvalue weighted by Gasteiger charge is -2.33. The van der Waals surface area contributed by atoms with Crippen LogP contribution in [0.15, 0.2) is 34.8 Å². The first-order chi connectivity index (χ1) is 11.7. The minimum atomic E-state index is 0.270. The molecule has 24 heavy (non-hydrogen) atoms. The normalized spacial score (nSPS) is 20.6. The van der Waals surface area contributed by atoms with E-state index in [1.165, 1.54) is 5.56 Å². The number of morpholine rings is 1. The number of benzene rings is 1. The van der Waals surface area contributed by atoms with Gasteiger partial charge < -0.3 is 9.64 Å². The van der Waals surface area contributed by atoms with Gasteiger partial charge in [0.2, 0.25) is 5.91 Å². The molecule has 0 unspecified atom stereocenters. The summed E-state index contributed by atoms with van der Waals surface area (Å²) in [7, 11) is 0. The molecule has 2 aliphatic heterocycles. The first-order valence-electron chi connectivity index (χ1n) is 8.72. The minimum absolute atomic E-state index is 0.270. The quantitative estimate of drug-likeness (QED) is 0.789. The third-order valence-electron chi connectivity index (χ3n) is 4.76. The van der Waals surface area contributed by atoms with Crippen LogP contribution in [0.2, 0.25) is 0 Å². The van der Waals surface area contributed by atoms with Crippen LogP contribution in [-0.2, 0) is 9.53 Å². The standard InChI is InChI=1S/C19H25BrN2O2/c20-18-3-1-2-17(14-18)5-4-16-6-8-22(9-7-16)19(23)15-21-10-12-24-13-11-21/h1-5,14,16H,6-13,15H2/b5-4+. The highest BCUT2D eigenvalue weighted by Gasteiger charge is 2.23. The lowest BCUT2D eigenvalue weighted by molar-refractivity contribution is -0.134. The summed E-state index contributed by atoms with van der Waals surface area (Å²) in [5.74, 6) is 0.836. The van der Waals surface area contributed by atoms with E-state index in [4.69, 9.17) is 4.74 Å². The molecule has 2 fully saturated rings. The molecule has 1 aromatic carbocycles. The highest BCUT2D eigenvalue weighted by Crippen LogP contribution is 2.21. The van der Waals surface area contributed by atoms with Crippen LogP contribution in [0.4, 0.5) is 0 Å². The fourth-order valence-corrected chi connectivity index (χ4v) is 3.67. The molecular weight excluding hydrogens is 368 g/mol. The summed E-state index contributed by atoms with van der Waals surface area (Å²) in [5, 5.41) is 0. The maximum atomic E-state index is 12.4. The number of nitrogens with zero attached hydrogens (tertiary/aromatic N) is 2. The van der Waals surface area contributed by atoms with E-state index in [1.807, 2.05) is 11.0 Å². The second-order valence-electron chi connectivity index (χ2n) is 6.52. The minimum Gasteiger partial charge on any atom is -0.379 e. The topological polar surface area (TPSA) is 32.8 Å². The molecule has 2 heterocycles. The zero-order chi connectivity index (χ0) is 16.8. The highest BCUT2D eigenvalue weighted by molar-refractivity contribution is 9.10. The fraction of sp³-hybridized carbons (Fsp3) is 0.526. The molecule has 2 saturated heterocycles. The Kier molecular flexibility index (Phi) is 6.46. The van der Waals surface area contributed by atoms with Gasteiger partial charge in [-0.15, -0.1) is 0 Å². The van der Waals surface area contributed by atoms with Crippen molar-refractivity contribution < 1.29 is 9.53 Å². The van der Waals surface area contributed by atoms with Crippen molar-refractivity contribution in [2.24, 2.45) is 5.92 Å². The highest BCUT2D eigenvalue weighted by atomic mass is 79.9. The van der Waals surface area contributed by atoms with E-state index in [2.05, 4.69) is 51.2 Å². The maximum Gasteiger partial charge on any atom is 0.236 e. The number of likely N-dealkylation sites (tertiary alicyclic amines) is 1. The van der Waals surface area contributed by atoms with E-state index in [1.54, 1.807) is 0 Å². The van der Waals surface area contributed by atoms with Gasteiger partial charge in [0.15, 0.2) is 0 Å². The molecule has 0 radical (unpaired) electrons. The van der Waals surface area contributed by atoms with Gasteiger partial charge in [0.25, 0.3) is 0 Å². The van der Waals surface area contributed by atoms with Crippen LogP contribution in [-0.4, -0.2) is 61.6 Å². The lowest BCUT2D eigenvalue weighted by Crippen LogP contribution is -2.46. The van der Waals surface area contributed by atoms with E-state index in [9.17, 15) is 4.79 Å². The first-order valence-corrected chi connectivity index (χ1v) is 9.51. The molecule has 0 aromatic heterocycles. The van der Waals surface area contributed by atoms with Gasteiger partial charge in [-0.25, -0.2) is 0 Å². The summed E-state index contributed by atoms with van der Waals surface area (Å²) in [6.07, 6.45) is 6.60. The van der Waals surface area contributed by atoms with Crippen LogP contribution in [0.5, 0.6) is 0 Å². The second kappa shape index (κ2) is 8.79. The molecule has 4 nitrogen and oxygen atoms in total. The zero-order valence-electron chi connectivity index (χ0n) is 14.0. The molecule has 3 rings (SSSR count). The summed E-state index contributed by atoms with van der Waals surface area (Å²) in [6, 6.07) is 8.33. The summed E-state index contributed by atoms with van der Waals surface area (Å²) in [4.78, 5) is 16.6. The average Bonchev–Trinajstić information content (AvgIpc) is 2.61. The van der Waals surface area contributed by atoms with Crippen LogP contribution in [0, 0.1) is 5.92 Å². The predicted molar refractivity (Wildman–Crippen MR) is 99.7 cm³/mol. The number of halogens is 1. The Hall–Kier alpha value is -1.17. The molecule has 0 spiro atoms. The number of hydrogen-bond acceptors (Lipinski definition) is 3. The largest absolute Gasteiger partial charge is 0.379 e. The van der Waals surface area contributed by atoms with Gasteiger partial charge in [-0.1, -0.05) is 40.2 Å². The number of hydrogen-bond donors (Lipinski definition) is 0. The molecule has 1 amide bonds. The zero-order valence-corrected chi connectivity index (χ0v) is 15.6. The van der Waals surface area contributed by atoms with Crippen molar-refractivity contribution in [2.75, 3.05) is 45.9 Å². The summed E-state index contributed by atoms with van der Waals surface area (Å²) in [6.45, 7) is 5.52. The number of rotatable bonds is 4. The van der Waals surface area contributed by atoms with Gasteiger partial charge in [-0.2, -0.15) is 0 Å². The van der Waals surface area contributed by atoms with Crippen molar-refractivity contribution in [3.05, 3.63) is 40.4 Å². The van der Waals surface area contributed by atoms with Crippen LogP contribution >= 0.6 is 15.9 Å². The molecular formula is C19H25BrN2O2. The fourth-order valence-electron chi connectivity index (χ4n) is 3.25. The SMILES string of the molecule is O=C(CN1CCOCC1)N1CCC(/C=C/c2cccc(Br)c2)CC1. The Balaban J connectivity index is 1.44. The number of carbonyl (C=O) groups is 1. The number of carbonyl (C=O) groups excluding carboxylic acids is 1. The first kappa shape index (κ1) is 17.6. The molecule has 0 atom stereocenters. The molecule has 5 heteroatoms. The summed E-state index contributed by atoms with van der Waals surface area (Å²) < 4.78 is 6.44. The Bertz CT molecular complexity index is 576. The maximum absolute atomic E-state index is 12.4. The predicted octanol–water partition coefficient (Wildman–Crippen LogP) is 3.03. The van der Waals surface area contributed by atoms with E-state index in [-0.39, 0.29) is 5.91 Å². The van der Waals surface area contributed by atoms with E-state index in [0.717, 1.165) is 56.7 Å². The van der Waals surface area contributed by atoms with Gasteiger partial charge in [0.05, 0.1) is 19.8 Å². The number of allylic oxidation sites excluding steroid dienone is 1. The van der Waals surface area contributed by atoms with E-state index >= 15 is 0 Å². The molecule has 0 saturated carbocycles.